The predicted octanol–water partition coefficient (Wildman–Crippen LogP) is 3.14. The molecule has 8 heteroatoms. The number of carbonyl (C=O) groups excluding carboxylic acids is 1. The molecule has 2 aromatic heterocycles. The summed E-state index contributed by atoms with van der Waals surface area (Å²) in [7, 11) is 0. The number of hydrogen-bond acceptors (Lipinski definition) is 5. The van der Waals surface area contributed by atoms with Gasteiger partial charge >= 0.3 is 0 Å². The average Bonchev–Trinajstić information content (AvgIpc) is 3.51. The Morgan fingerprint density at radius 3 is 2.61 bits per heavy atom. The summed E-state index contributed by atoms with van der Waals surface area (Å²) >= 11 is 0. The van der Waals surface area contributed by atoms with Crippen molar-refractivity contribution in [1.29, 1.82) is 0 Å². The van der Waals surface area contributed by atoms with Gasteiger partial charge in [0.15, 0.2) is 11.5 Å². The maximum atomic E-state index is 13.2. The lowest BCUT2D eigenvalue weighted by molar-refractivity contribution is 0.0931. The van der Waals surface area contributed by atoms with E-state index in [1.54, 1.807) is 4.68 Å². The molecule has 0 spiro atoms. The number of para-hydroxylation sites is 2. The van der Waals surface area contributed by atoms with E-state index in [-0.39, 0.29) is 11.9 Å². The summed E-state index contributed by atoms with van der Waals surface area (Å²) in [6.07, 6.45) is 2.81. The Labute approximate surface area is 179 Å². The van der Waals surface area contributed by atoms with E-state index >= 15 is 0 Å². The summed E-state index contributed by atoms with van der Waals surface area (Å²) in [6, 6.07) is 17.3. The van der Waals surface area contributed by atoms with Crippen molar-refractivity contribution in [3.63, 3.8) is 0 Å². The Bertz CT molecular complexity index is 1240. The van der Waals surface area contributed by atoms with Crippen molar-refractivity contribution in [1.82, 2.24) is 35.3 Å². The Kier molecular flexibility index (Phi) is 4.82. The Hall–Kier alpha value is -3.81. The highest BCUT2D eigenvalue weighted by atomic mass is 16.2. The third-order valence-corrected chi connectivity index (χ3v) is 5.72. The van der Waals surface area contributed by atoms with Crippen molar-refractivity contribution in [2.45, 2.75) is 39.2 Å². The molecule has 5 rings (SSSR count). The van der Waals surface area contributed by atoms with Crippen molar-refractivity contribution in [2.24, 2.45) is 0 Å². The second-order valence-electron chi connectivity index (χ2n) is 7.81. The number of benzene rings is 2. The predicted molar refractivity (Wildman–Crippen MR) is 115 cm³/mol. The number of nitrogens with zero attached hydrogens (tertiary/aromatic N) is 6. The normalized spacial score (nSPS) is 13.7. The maximum Gasteiger partial charge on any atom is 0.272 e. The van der Waals surface area contributed by atoms with Crippen LogP contribution in [0.2, 0.25) is 0 Å². The van der Waals surface area contributed by atoms with Gasteiger partial charge in [-0.2, -0.15) is 9.78 Å². The second-order valence-corrected chi connectivity index (χ2v) is 7.81. The molecule has 0 radical (unpaired) electrons. The Balaban J connectivity index is 1.44. The Morgan fingerprint density at radius 1 is 1.03 bits per heavy atom. The molecule has 1 aliphatic rings. The smallest absolute Gasteiger partial charge is 0.272 e. The first kappa shape index (κ1) is 19.2. The molecule has 1 amide bonds. The van der Waals surface area contributed by atoms with E-state index in [0.29, 0.717) is 11.5 Å². The number of rotatable bonds is 5. The number of aromatic nitrogens is 6. The number of hydrogen-bond donors (Lipinski definition) is 1. The fourth-order valence-corrected chi connectivity index (χ4v) is 4.17. The lowest BCUT2D eigenvalue weighted by atomic mass is 10.1. The van der Waals surface area contributed by atoms with Crippen LogP contribution < -0.4 is 5.32 Å². The minimum Gasteiger partial charge on any atom is -0.341 e. The zero-order valence-corrected chi connectivity index (χ0v) is 17.5. The maximum absolute atomic E-state index is 13.2. The molecule has 1 aliphatic carbocycles. The SMILES string of the molecule is Cc1ccccc1-n1nc(C(=O)NC(C)c2nnnn2-c2ccccc2)c2c1CCC2. The summed E-state index contributed by atoms with van der Waals surface area (Å²) in [6.45, 7) is 3.94. The molecule has 0 aliphatic heterocycles. The number of fused-ring (bicyclic) bond motifs is 1. The highest BCUT2D eigenvalue weighted by molar-refractivity contribution is 5.94. The average molecular weight is 413 g/mol. The zero-order valence-electron chi connectivity index (χ0n) is 17.5. The molecule has 2 aromatic carbocycles. The highest BCUT2D eigenvalue weighted by Crippen LogP contribution is 2.29. The van der Waals surface area contributed by atoms with Gasteiger partial charge in [-0.25, -0.2) is 4.68 Å². The quantitative estimate of drug-likeness (QED) is 0.543. The van der Waals surface area contributed by atoms with Gasteiger partial charge in [-0.1, -0.05) is 36.4 Å². The lowest BCUT2D eigenvalue weighted by Gasteiger charge is -2.13. The van der Waals surface area contributed by atoms with Crippen molar-refractivity contribution in [3.8, 4) is 11.4 Å². The highest BCUT2D eigenvalue weighted by Gasteiger charge is 2.29. The van der Waals surface area contributed by atoms with Crippen molar-refractivity contribution < 1.29 is 4.79 Å². The molecule has 0 bridgehead atoms. The summed E-state index contributed by atoms with van der Waals surface area (Å²) in [5, 5.41) is 19.8. The summed E-state index contributed by atoms with van der Waals surface area (Å²) < 4.78 is 3.58. The van der Waals surface area contributed by atoms with Crippen molar-refractivity contribution in [3.05, 3.63) is 82.9 Å². The fraction of sp³-hybridized carbons (Fsp3) is 0.261. The van der Waals surface area contributed by atoms with E-state index in [9.17, 15) is 4.79 Å². The van der Waals surface area contributed by atoms with Crippen LogP contribution in [0.1, 0.15) is 52.5 Å². The monoisotopic (exact) mass is 413 g/mol. The van der Waals surface area contributed by atoms with E-state index < -0.39 is 0 Å². The van der Waals surface area contributed by atoms with Gasteiger partial charge in [-0.3, -0.25) is 4.79 Å². The minimum atomic E-state index is -0.386. The molecule has 31 heavy (non-hydrogen) atoms. The van der Waals surface area contributed by atoms with Crippen LogP contribution in [0.5, 0.6) is 0 Å². The van der Waals surface area contributed by atoms with Gasteiger partial charge < -0.3 is 5.32 Å². The first-order chi connectivity index (χ1) is 15.1. The van der Waals surface area contributed by atoms with E-state index in [0.717, 1.165) is 47.5 Å². The summed E-state index contributed by atoms with van der Waals surface area (Å²) in [5.74, 6) is 0.357. The van der Waals surface area contributed by atoms with Crippen LogP contribution in [0.4, 0.5) is 0 Å². The van der Waals surface area contributed by atoms with Crippen LogP contribution >= 0.6 is 0 Å². The first-order valence-electron chi connectivity index (χ1n) is 10.4. The second kappa shape index (κ2) is 7.79. The minimum absolute atomic E-state index is 0.208. The fourth-order valence-electron chi connectivity index (χ4n) is 4.17. The van der Waals surface area contributed by atoms with Crippen molar-refractivity contribution >= 4 is 5.91 Å². The third kappa shape index (κ3) is 3.39. The first-order valence-corrected chi connectivity index (χ1v) is 10.4. The van der Waals surface area contributed by atoms with Gasteiger partial charge in [0.05, 0.1) is 17.4 Å². The van der Waals surface area contributed by atoms with E-state index in [1.807, 2.05) is 60.1 Å². The summed E-state index contributed by atoms with van der Waals surface area (Å²) in [4.78, 5) is 13.2. The van der Waals surface area contributed by atoms with Crippen LogP contribution in [0, 0.1) is 6.92 Å². The largest absolute Gasteiger partial charge is 0.341 e. The van der Waals surface area contributed by atoms with E-state index in [2.05, 4.69) is 33.8 Å². The molecule has 2 heterocycles. The molecule has 4 aromatic rings. The third-order valence-electron chi connectivity index (χ3n) is 5.72. The van der Waals surface area contributed by atoms with Gasteiger partial charge in [0, 0.05) is 11.3 Å². The molecular formula is C23H23N7O. The molecule has 1 N–H and O–H groups in total. The van der Waals surface area contributed by atoms with E-state index in [4.69, 9.17) is 5.10 Å². The number of aryl methyl sites for hydroxylation is 1. The van der Waals surface area contributed by atoms with Gasteiger partial charge in [0.1, 0.15) is 0 Å². The number of nitrogens with one attached hydrogen (secondary N) is 1. The topological polar surface area (TPSA) is 90.5 Å². The van der Waals surface area contributed by atoms with Gasteiger partial charge in [-0.05, 0) is 67.3 Å². The Morgan fingerprint density at radius 2 is 1.81 bits per heavy atom. The van der Waals surface area contributed by atoms with Crippen LogP contribution in [0.3, 0.4) is 0 Å². The molecule has 0 saturated carbocycles. The molecule has 0 fully saturated rings. The summed E-state index contributed by atoms with van der Waals surface area (Å²) in [5.41, 5.74) is 5.63. The zero-order chi connectivity index (χ0) is 21.4. The number of tetrazole rings is 1. The number of amides is 1. The van der Waals surface area contributed by atoms with Gasteiger partial charge in [0.25, 0.3) is 5.91 Å². The molecule has 8 nitrogen and oxygen atoms in total. The standard InChI is InChI=1S/C23H23N7O/c1-15-9-6-7-13-19(15)30-20-14-8-12-18(20)21(26-30)23(31)24-16(2)22-25-27-28-29(22)17-10-4-3-5-11-17/h3-7,9-11,13,16H,8,12,14H2,1-2H3,(H,24,31). The van der Waals surface area contributed by atoms with Crippen molar-refractivity contribution in [2.75, 3.05) is 0 Å². The lowest BCUT2D eigenvalue weighted by Crippen LogP contribution is -2.29. The molecule has 1 atom stereocenters. The van der Waals surface area contributed by atoms with Crippen LogP contribution in [-0.4, -0.2) is 35.9 Å². The van der Waals surface area contributed by atoms with Crippen LogP contribution in [0.15, 0.2) is 54.6 Å². The van der Waals surface area contributed by atoms with Crippen LogP contribution in [-0.2, 0) is 12.8 Å². The van der Waals surface area contributed by atoms with Gasteiger partial charge in [-0.15, -0.1) is 5.10 Å². The van der Waals surface area contributed by atoms with E-state index in [1.165, 1.54) is 0 Å². The number of carbonyl (C=O) groups is 1. The molecular weight excluding hydrogens is 390 g/mol. The van der Waals surface area contributed by atoms with Gasteiger partial charge in [0.2, 0.25) is 0 Å². The molecule has 1 unspecified atom stereocenters. The molecule has 156 valence electrons. The molecule has 0 saturated heterocycles. The van der Waals surface area contributed by atoms with Crippen LogP contribution in [0.25, 0.3) is 11.4 Å².